The maximum atomic E-state index is 13.1. The summed E-state index contributed by atoms with van der Waals surface area (Å²) >= 11 is 6.13. The number of aromatic nitrogens is 4. The molecule has 0 N–H and O–H groups in total. The number of Topliss-reactive ketones (excluding diaryl/α,β-unsaturated/α-hetero) is 2. The van der Waals surface area contributed by atoms with Crippen LogP contribution in [0.15, 0.2) is 23.1 Å². The van der Waals surface area contributed by atoms with Crippen LogP contribution in [0.25, 0.3) is 0 Å². The van der Waals surface area contributed by atoms with Crippen molar-refractivity contribution >= 4 is 33.0 Å². The summed E-state index contributed by atoms with van der Waals surface area (Å²) in [6.07, 6.45) is 1.04. The topological polar surface area (TPSA) is 112 Å². The monoisotopic (exact) mass is 398 g/mol. The van der Waals surface area contributed by atoms with Gasteiger partial charge in [-0.2, -0.15) is 4.80 Å². The quantitative estimate of drug-likeness (QED) is 0.557. The van der Waals surface area contributed by atoms with Crippen LogP contribution in [0.1, 0.15) is 42.9 Å². The Bertz CT molecular complexity index is 976. The lowest BCUT2D eigenvalue weighted by Crippen LogP contribution is -2.33. The zero-order chi connectivity index (χ0) is 19.9. The highest BCUT2D eigenvalue weighted by Crippen LogP contribution is 2.31. The smallest absolute Gasteiger partial charge is 0.193 e. The van der Waals surface area contributed by atoms with Crippen LogP contribution in [0.2, 0.25) is 5.02 Å². The largest absolute Gasteiger partial charge is 0.298 e. The number of carbonyl (C=O) groups is 2. The van der Waals surface area contributed by atoms with Crippen LogP contribution >= 0.6 is 11.6 Å². The maximum absolute atomic E-state index is 13.1. The molecule has 1 unspecified atom stereocenters. The summed E-state index contributed by atoms with van der Waals surface area (Å²) in [5, 5.41) is 11.4. The van der Waals surface area contributed by atoms with E-state index in [9.17, 15) is 18.0 Å². The zero-order valence-corrected chi connectivity index (χ0v) is 16.6. The van der Waals surface area contributed by atoms with Gasteiger partial charge in [-0.15, -0.1) is 10.2 Å². The van der Waals surface area contributed by atoms with Crippen LogP contribution in [0.3, 0.4) is 0 Å². The van der Waals surface area contributed by atoms with E-state index in [0.29, 0.717) is 0 Å². The molecule has 10 heteroatoms. The zero-order valence-electron chi connectivity index (χ0n) is 15.0. The Morgan fingerprint density at radius 1 is 1.23 bits per heavy atom. The van der Waals surface area contributed by atoms with Crippen LogP contribution in [0, 0.1) is 5.41 Å². The minimum absolute atomic E-state index is 0.0182. The van der Waals surface area contributed by atoms with Gasteiger partial charge in [0.1, 0.15) is 5.92 Å². The first-order valence-electron chi connectivity index (χ1n) is 7.64. The van der Waals surface area contributed by atoms with Gasteiger partial charge in [0.2, 0.25) is 0 Å². The van der Waals surface area contributed by atoms with E-state index in [0.717, 1.165) is 11.1 Å². The van der Waals surface area contributed by atoms with E-state index < -0.39 is 32.7 Å². The number of tetrazole rings is 1. The predicted octanol–water partition coefficient (Wildman–Crippen LogP) is 1.85. The molecule has 1 aromatic heterocycles. The Morgan fingerprint density at radius 2 is 1.85 bits per heavy atom. The predicted molar refractivity (Wildman–Crippen MR) is 94.9 cm³/mol. The first kappa shape index (κ1) is 20.2. The van der Waals surface area contributed by atoms with Gasteiger partial charge in [-0.1, -0.05) is 32.4 Å². The Labute approximate surface area is 156 Å². The second kappa shape index (κ2) is 6.88. The summed E-state index contributed by atoms with van der Waals surface area (Å²) in [6, 6.07) is 3.75. The van der Waals surface area contributed by atoms with Crippen molar-refractivity contribution in [1.29, 1.82) is 0 Å². The number of aryl methyl sites for hydroxylation is 1. The number of rotatable bonds is 5. The first-order chi connectivity index (χ1) is 11.8. The van der Waals surface area contributed by atoms with E-state index in [4.69, 9.17) is 11.6 Å². The van der Waals surface area contributed by atoms with E-state index in [1.807, 2.05) is 0 Å². The SMILES string of the molecule is Cn1nnc(C(C(=O)c2ccc(S(C)(=O)=O)cc2Cl)C(=O)C(C)(C)C)n1. The maximum Gasteiger partial charge on any atom is 0.193 e. The van der Waals surface area contributed by atoms with Crippen molar-refractivity contribution in [2.75, 3.05) is 6.26 Å². The average molecular weight is 399 g/mol. The van der Waals surface area contributed by atoms with Gasteiger partial charge < -0.3 is 0 Å². The van der Waals surface area contributed by atoms with Crippen LogP contribution in [-0.4, -0.2) is 46.4 Å². The molecule has 0 saturated heterocycles. The minimum Gasteiger partial charge on any atom is -0.298 e. The molecule has 0 bridgehead atoms. The summed E-state index contributed by atoms with van der Waals surface area (Å²) in [5.74, 6) is -2.31. The average Bonchev–Trinajstić information content (AvgIpc) is 2.91. The van der Waals surface area contributed by atoms with E-state index in [1.54, 1.807) is 20.8 Å². The Hall–Kier alpha value is -2.13. The molecule has 0 aliphatic heterocycles. The molecule has 0 aliphatic rings. The van der Waals surface area contributed by atoms with Crippen molar-refractivity contribution in [3.63, 3.8) is 0 Å². The second-order valence-electron chi connectivity index (χ2n) is 6.96. The molecule has 0 amide bonds. The highest BCUT2D eigenvalue weighted by molar-refractivity contribution is 7.90. The van der Waals surface area contributed by atoms with Gasteiger partial charge in [0.15, 0.2) is 27.2 Å². The lowest BCUT2D eigenvalue weighted by atomic mass is 9.79. The van der Waals surface area contributed by atoms with Crippen molar-refractivity contribution in [1.82, 2.24) is 20.2 Å². The summed E-state index contributed by atoms with van der Waals surface area (Å²) in [6.45, 7) is 5.04. The molecule has 0 aliphatic carbocycles. The summed E-state index contributed by atoms with van der Waals surface area (Å²) < 4.78 is 23.3. The van der Waals surface area contributed by atoms with Gasteiger partial charge in [-0.3, -0.25) is 9.59 Å². The van der Waals surface area contributed by atoms with Gasteiger partial charge in [-0.05, 0) is 23.4 Å². The number of nitrogens with zero attached hydrogens (tertiary/aromatic N) is 4. The third kappa shape index (κ3) is 4.16. The van der Waals surface area contributed by atoms with Crippen LogP contribution < -0.4 is 0 Å². The van der Waals surface area contributed by atoms with Crippen molar-refractivity contribution in [2.24, 2.45) is 12.5 Å². The third-order valence-electron chi connectivity index (χ3n) is 3.68. The van der Waals surface area contributed by atoms with Crippen molar-refractivity contribution in [2.45, 2.75) is 31.6 Å². The third-order valence-corrected chi connectivity index (χ3v) is 5.10. The minimum atomic E-state index is -3.48. The number of halogens is 1. The second-order valence-corrected chi connectivity index (χ2v) is 9.39. The first-order valence-corrected chi connectivity index (χ1v) is 9.91. The molecule has 0 fully saturated rings. The van der Waals surface area contributed by atoms with Gasteiger partial charge >= 0.3 is 0 Å². The molecular formula is C16H19ClN4O4S. The molecule has 2 aromatic rings. The van der Waals surface area contributed by atoms with Crippen molar-refractivity contribution < 1.29 is 18.0 Å². The number of hydrogen-bond acceptors (Lipinski definition) is 7. The molecule has 140 valence electrons. The fourth-order valence-corrected chi connectivity index (χ4v) is 3.27. The number of hydrogen-bond donors (Lipinski definition) is 0. The molecule has 26 heavy (non-hydrogen) atoms. The van der Waals surface area contributed by atoms with Crippen LogP contribution in [0.4, 0.5) is 0 Å². The fourth-order valence-electron chi connectivity index (χ4n) is 2.28. The molecule has 1 aromatic carbocycles. The molecule has 8 nitrogen and oxygen atoms in total. The van der Waals surface area contributed by atoms with Crippen LogP contribution in [0.5, 0.6) is 0 Å². The van der Waals surface area contributed by atoms with Gasteiger partial charge in [0.25, 0.3) is 0 Å². The standard InChI is InChI=1S/C16H19ClN4O4S/c1-16(2,3)14(23)12(15-18-20-21(4)19-15)13(22)10-7-6-9(8-11(10)17)26(5,24)25/h6-8,12H,1-5H3. The van der Waals surface area contributed by atoms with Gasteiger partial charge in [0, 0.05) is 17.2 Å². The molecule has 0 saturated carbocycles. The van der Waals surface area contributed by atoms with Gasteiger partial charge in [-0.25, -0.2) is 8.42 Å². The van der Waals surface area contributed by atoms with E-state index >= 15 is 0 Å². The normalized spacial score (nSPS) is 13.5. The Morgan fingerprint density at radius 3 is 2.27 bits per heavy atom. The number of ketones is 2. The number of benzene rings is 1. The van der Waals surface area contributed by atoms with E-state index in [1.165, 1.54) is 25.2 Å². The molecule has 1 heterocycles. The summed E-state index contributed by atoms with van der Waals surface area (Å²) in [5.41, 5.74) is -0.812. The lowest BCUT2D eigenvalue weighted by Gasteiger charge is -2.22. The van der Waals surface area contributed by atoms with Gasteiger partial charge in [0.05, 0.1) is 17.0 Å². The molecule has 0 radical (unpaired) electrons. The lowest BCUT2D eigenvalue weighted by molar-refractivity contribution is -0.126. The van der Waals surface area contributed by atoms with E-state index in [-0.39, 0.29) is 21.3 Å². The molecular weight excluding hydrogens is 380 g/mol. The highest BCUT2D eigenvalue weighted by Gasteiger charge is 2.39. The Kier molecular flexibility index (Phi) is 5.34. The number of sulfone groups is 1. The van der Waals surface area contributed by atoms with Crippen molar-refractivity contribution in [3.05, 3.63) is 34.6 Å². The highest BCUT2D eigenvalue weighted by atomic mass is 35.5. The molecule has 2 rings (SSSR count). The Balaban J connectivity index is 2.56. The molecule has 1 atom stereocenters. The van der Waals surface area contributed by atoms with Crippen LogP contribution in [-0.2, 0) is 21.7 Å². The molecule has 0 spiro atoms. The van der Waals surface area contributed by atoms with E-state index in [2.05, 4.69) is 15.4 Å². The fraction of sp³-hybridized carbons (Fsp3) is 0.438. The number of carbonyl (C=O) groups excluding carboxylic acids is 2. The summed E-state index contributed by atoms with van der Waals surface area (Å²) in [4.78, 5) is 27.0. The summed E-state index contributed by atoms with van der Waals surface area (Å²) in [7, 11) is -1.96. The van der Waals surface area contributed by atoms with Crippen molar-refractivity contribution in [3.8, 4) is 0 Å².